The molecule has 3 heteroatoms. The first kappa shape index (κ1) is 17.2. The highest BCUT2D eigenvalue weighted by atomic mass is 16.5. The standard InChI is InChI=1S/C23H28N2O/c1-19-6-8-23(9-7-19)26-15-14-24-12-10-20(11-13-24)16-25-17-21-4-2-3-5-22(21)18-25/h2-9,17-18,20H,10-16H2,1H3. The van der Waals surface area contributed by atoms with Crippen molar-refractivity contribution in [2.75, 3.05) is 26.2 Å². The maximum atomic E-state index is 5.87. The Bertz CT molecular complexity index is 796. The van der Waals surface area contributed by atoms with E-state index in [1.165, 1.54) is 42.3 Å². The van der Waals surface area contributed by atoms with Crippen molar-refractivity contribution < 1.29 is 4.74 Å². The van der Waals surface area contributed by atoms with Crippen LogP contribution in [0.25, 0.3) is 10.8 Å². The van der Waals surface area contributed by atoms with Gasteiger partial charge in [-0.2, -0.15) is 0 Å². The van der Waals surface area contributed by atoms with Gasteiger partial charge in [-0.1, -0.05) is 42.0 Å². The minimum Gasteiger partial charge on any atom is -0.492 e. The Morgan fingerprint density at radius 2 is 1.58 bits per heavy atom. The second-order valence-corrected chi connectivity index (χ2v) is 7.53. The molecule has 0 bridgehead atoms. The fraction of sp³-hybridized carbons (Fsp3) is 0.391. The van der Waals surface area contributed by atoms with Gasteiger partial charge in [-0.05, 0) is 61.7 Å². The SMILES string of the molecule is Cc1ccc(OCCN2CCC(Cn3cc4ccccc4c3)CC2)cc1. The summed E-state index contributed by atoms with van der Waals surface area (Å²) >= 11 is 0. The first-order valence-electron chi connectivity index (χ1n) is 9.72. The van der Waals surface area contributed by atoms with E-state index >= 15 is 0 Å². The molecule has 4 rings (SSSR count). The van der Waals surface area contributed by atoms with Crippen LogP contribution in [0, 0.1) is 12.8 Å². The number of aromatic nitrogens is 1. The summed E-state index contributed by atoms with van der Waals surface area (Å²) in [4.78, 5) is 2.54. The van der Waals surface area contributed by atoms with E-state index in [1.807, 2.05) is 0 Å². The Balaban J connectivity index is 1.20. The van der Waals surface area contributed by atoms with Crippen molar-refractivity contribution >= 4 is 10.8 Å². The highest BCUT2D eigenvalue weighted by Gasteiger charge is 2.19. The quantitative estimate of drug-likeness (QED) is 0.640. The van der Waals surface area contributed by atoms with Crippen molar-refractivity contribution in [3.05, 3.63) is 66.5 Å². The number of likely N-dealkylation sites (tertiary alicyclic amines) is 1. The van der Waals surface area contributed by atoms with Gasteiger partial charge in [0.05, 0.1) is 0 Å². The van der Waals surface area contributed by atoms with Gasteiger partial charge < -0.3 is 9.30 Å². The molecule has 26 heavy (non-hydrogen) atoms. The summed E-state index contributed by atoms with van der Waals surface area (Å²) in [6.07, 6.45) is 7.13. The molecule has 1 aliphatic rings. The van der Waals surface area contributed by atoms with Crippen molar-refractivity contribution in [2.45, 2.75) is 26.3 Å². The summed E-state index contributed by atoms with van der Waals surface area (Å²) in [7, 11) is 0. The Hall–Kier alpha value is -2.26. The highest BCUT2D eigenvalue weighted by Crippen LogP contribution is 2.22. The maximum absolute atomic E-state index is 5.87. The Morgan fingerprint density at radius 1 is 0.923 bits per heavy atom. The van der Waals surface area contributed by atoms with E-state index in [9.17, 15) is 0 Å². The average Bonchev–Trinajstić information content (AvgIpc) is 3.07. The van der Waals surface area contributed by atoms with Crippen LogP contribution in [-0.2, 0) is 6.54 Å². The molecule has 0 atom stereocenters. The number of aryl methyl sites for hydroxylation is 1. The molecular weight excluding hydrogens is 320 g/mol. The van der Waals surface area contributed by atoms with Gasteiger partial charge >= 0.3 is 0 Å². The van der Waals surface area contributed by atoms with Crippen LogP contribution in [0.1, 0.15) is 18.4 Å². The molecule has 2 aromatic carbocycles. The highest BCUT2D eigenvalue weighted by molar-refractivity contribution is 5.82. The fourth-order valence-corrected chi connectivity index (χ4v) is 3.86. The van der Waals surface area contributed by atoms with E-state index in [4.69, 9.17) is 4.74 Å². The summed E-state index contributed by atoms with van der Waals surface area (Å²) in [6, 6.07) is 16.9. The minimum absolute atomic E-state index is 0.775. The number of hydrogen-bond donors (Lipinski definition) is 0. The summed E-state index contributed by atoms with van der Waals surface area (Å²) in [5, 5.41) is 2.69. The molecule has 1 aliphatic heterocycles. The summed E-state index contributed by atoms with van der Waals surface area (Å²) in [6.45, 7) is 7.41. The van der Waals surface area contributed by atoms with Crippen LogP contribution < -0.4 is 4.74 Å². The first-order valence-corrected chi connectivity index (χ1v) is 9.72. The van der Waals surface area contributed by atoms with E-state index in [0.29, 0.717) is 0 Å². The normalized spacial score (nSPS) is 16.2. The third-order valence-electron chi connectivity index (χ3n) is 5.48. The van der Waals surface area contributed by atoms with Gasteiger partial charge in [0, 0.05) is 25.5 Å². The predicted molar refractivity (Wildman–Crippen MR) is 108 cm³/mol. The van der Waals surface area contributed by atoms with Crippen LogP contribution in [0.5, 0.6) is 5.75 Å². The summed E-state index contributed by atoms with van der Waals surface area (Å²) < 4.78 is 8.25. The second kappa shape index (κ2) is 7.96. The molecule has 3 nitrogen and oxygen atoms in total. The van der Waals surface area contributed by atoms with E-state index in [-0.39, 0.29) is 0 Å². The van der Waals surface area contributed by atoms with Crippen LogP contribution in [-0.4, -0.2) is 35.7 Å². The largest absolute Gasteiger partial charge is 0.492 e. The van der Waals surface area contributed by atoms with E-state index in [0.717, 1.165) is 31.4 Å². The number of benzene rings is 2. The molecule has 1 fully saturated rings. The molecule has 0 N–H and O–H groups in total. The summed E-state index contributed by atoms with van der Waals surface area (Å²) in [5.41, 5.74) is 1.27. The van der Waals surface area contributed by atoms with Gasteiger partial charge in [-0.25, -0.2) is 0 Å². The lowest BCUT2D eigenvalue weighted by atomic mass is 9.97. The van der Waals surface area contributed by atoms with Gasteiger partial charge in [0.1, 0.15) is 12.4 Å². The van der Waals surface area contributed by atoms with Crippen LogP contribution in [0.2, 0.25) is 0 Å². The molecule has 0 radical (unpaired) electrons. The monoisotopic (exact) mass is 348 g/mol. The Labute approximate surface area is 156 Å². The number of rotatable bonds is 6. The first-order chi connectivity index (χ1) is 12.8. The average molecular weight is 348 g/mol. The number of piperidine rings is 1. The van der Waals surface area contributed by atoms with Crippen LogP contribution in [0.4, 0.5) is 0 Å². The number of hydrogen-bond acceptors (Lipinski definition) is 2. The van der Waals surface area contributed by atoms with Gasteiger partial charge in [0.15, 0.2) is 0 Å². The van der Waals surface area contributed by atoms with E-state index in [1.54, 1.807) is 0 Å². The Morgan fingerprint density at radius 3 is 2.23 bits per heavy atom. The van der Waals surface area contributed by atoms with Crippen molar-refractivity contribution in [3.8, 4) is 5.75 Å². The van der Waals surface area contributed by atoms with Crippen molar-refractivity contribution in [3.63, 3.8) is 0 Å². The van der Waals surface area contributed by atoms with E-state index < -0.39 is 0 Å². The second-order valence-electron chi connectivity index (χ2n) is 7.53. The minimum atomic E-state index is 0.775. The fourth-order valence-electron chi connectivity index (χ4n) is 3.86. The third kappa shape index (κ3) is 4.28. The van der Waals surface area contributed by atoms with Gasteiger partial charge in [0.2, 0.25) is 0 Å². The Kier molecular flexibility index (Phi) is 5.26. The van der Waals surface area contributed by atoms with Gasteiger partial charge in [-0.15, -0.1) is 0 Å². The van der Waals surface area contributed by atoms with Crippen molar-refractivity contribution in [1.82, 2.24) is 9.47 Å². The molecule has 0 spiro atoms. The van der Waals surface area contributed by atoms with E-state index in [2.05, 4.69) is 77.3 Å². The molecule has 1 aromatic heterocycles. The molecule has 2 heterocycles. The molecule has 1 saturated heterocycles. The molecule has 136 valence electrons. The predicted octanol–water partition coefficient (Wildman–Crippen LogP) is 4.74. The lowest BCUT2D eigenvalue weighted by Gasteiger charge is -2.32. The molecule has 0 aliphatic carbocycles. The van der Waals surface area contributed by atoms with Gasteiger partial charge in [0.25, 0.3) is 0 Å². The number of nitrogens with zero attached hydrogens (tertiary/aromatic N) is 2. The smallest absolute Gasteiger partial charge is 0.119 e. The topological polar surface area (TPSA) is 17.4 Å². The van der Waals surface area contributed by atoms with Crippen LogP contribution in [0.3, 0.4) is 0 Å². The van der Waals surface area contributed by atoms with Gasteiger partial charge in [-0.3, -0.25) is 4.90 Å². The third-order valence-corrected chi connectivity index (χ3v) is 5.48. The number of fused-ring (bicyclic) bond motifs is 1. The van der Waals surface area contributed by atoms with Crippen molar-refractivity contribution in [2.24, 2.45) is 5.92 Å². The summed E-state index contributed by atoms with van der Waals surface area (Å²) in [5.74, 6) is 1.76. The van der Waals surface area contributed by atoms with Crippen molar-refractivity contribution in [1.29, 1.82) is 0 Å². The molecule has 3 aromatic rings. The zero-order valence-electron chi connectivity index (χ0n) is 15.6. The molecule has 0 amide bonds. The molecular formula is C23H28N2O. The lowest BCUT2D eigenvalue weighted by Crippen LogP contribution is -2.37. The lowest BCUT2D eigenvalue weighted by molar-refractivity contribution is 0.148. The molecule has 0 unspecified atom stereocenters. The maximum Gasteiger partial charge on any atom is 0.119 e. The molecule has 0 saturated carbocycles. The number of ether oxygens (including phenoxy) is 1. The van der Waals surface area contributed by atoms with Crippen LogP contribution in [0.15, 0.2) is 60.9 Å². The zero-order valence-corrected chi connectivity index (χ0v) is 15.6. The zero-order chi connectivity index (χ0) is 17.8. The van der Waals surface area contributed by atoms with Crippen LogP contribution >= 0.6 is 0 Å².